The van der Waals surface area contributed by atoms with Crippen molar-refractivity contribution in [3.63, 3.8) is 0 Å². The van der Waals surface area contributed by atoms with Crippen molar-refractivity contribution in [3.05, 3.63) is 35.1 Å². The van der Waals surface area contributed by atoms with E-state index < -0.39 is 11.5 Å². The van der Waals surface area contributed by atoms with E-state index in [9.17, 15) is 23.9 Å². The Morgan fingerprint density at radius 3 is 2.48 bits per heavy atom. The Bertz CT molecular complexity index is 717. The second-order valence-electron chi connectivity index (χ2n) is 6.68. The second kappa shape index (κ2) is 8.81. The zero-order valence-corrected chi connectivity index (χ0v) is 15.1. The molecule has 0 aliphatic carbocycles. The lowest BCUT2D eigenvalue weighted by Gasteiger charge is -2.39. The average Bonchev–Trinajstić information content (AvgIpc) is 2.67. The number of rotatable bonds is 6. The fourth-order valence-electron chi connectivity index (χ4n) is 3.11. The van der Waals surface area contributed by atoms with Gasteiger partial charge in [0.05, 0.1) is 12.0 Å². The van der Waals surface area contributed by atoms with Crippen molar-refractivity contribution in [1.82, 2.24) is 15.5 Å². The van der Waals surface area contributed by atoms with Crippen molar-refractivity contribution >= 4 is 17.9 Å². The number of piperidine rings is 1. The molecule has 0 unspecified atom stereocenters. The lowest BCUT2D eigenvalue weighted by Crippen LogP contribution is -2.53. The molecule has 0 radical (unpaired) electrons. The molecule has 4 N–H and O–H groups in total. The smallest absolute Gasteiger partial charge is 0.405 e. The van der Waals surface area contributed by atoms with Crippen molar-refractivity contribution < 1.29 is 29.0 Å². The van der Waals surface area contributed by atoms with Crippen LogP contribution in [0.5, 0.6) is 0 Å². The maximum atomic E-state index is 13.6. The normalized spacial score (nSPS) is 15.9. The number of benzene rings is 1. The lowest BCUT2D eigenvalue weighted by molar-refractivity contribution is -0.142. The highest BCUT2D eigenvalue weighted by Gasteiger charge is 2.41. The van der Waals surface area contributed by atoms with E-state index in [2.05, 4.69) is 5.32 Å². The number of likely N-dealkylation sites (tertiary alicyclic amines) is 1. The summed E-state index contributed by atoms with van der Waals surface area (Å²) in [5.74, 6) is -1.07. The third-order valence-electron chi connectivity index (χ3n) is 5.07. The molecule has 0 spiro atoms. The minimum absolute atomic E-state index is 0.148. The van der Waals surface area contributed by atoms with Gasteiger partial charge < -0.3 is 25.7 Å². The van der Waals surface area contributed by atoms with Crippen molar-refractivity contribution in [2.24, 2.45) is 5.41 Å². The van der Waals surface area contributed by atoms with Crippen LogP contribution in [-0.2, 0) is 16.1 Å². The Balaban J connectivity index is 1.93. The molecule has 1 heterocycles. The molecule has 0 bridgehead atoms. The predicted molar refractivity (Wildman–Crippen MR) is 94.3 cm³/mol. The maximum absolute atomic E-state index is 13.6. The van der Waals surface area contributed by atoms with Gasteiger partial charge in [0.15, 0.2) is 0 Å². The molecule has 1 aromatic rings. The molecule has 1 aliphatic heterocycles. The Morgan fingerprint density at radius 1 is 1.22 bits per heavy atom. The summed E-state index contributed by atoms with van der Waals surface area (Å²) in [6.45, 7) is 1.58. The lowest BCUT2D eigenvalue weighted by atomic mass is 9.78. The SMILES string of the molecule is Cc1c(F)cccc1CNC(=O)C1(CO)CCN(C(=O)CNC(=O)O)CC1. The van der Waals surface area contributed by atoms with Crippen LogP contribution in [0, 0.1) is 18.2 Å². The van der Waals surface area contributed by atoms with Crippen LogP contribution in [-0.4, -0.2) is 59.3 Å². The zero-order chi connectivity index (χ0) is 20.0. The number of carbonyl (C=O) groups is 3. The van der Waals surface area contributed by atoms with Crippen LogP contribution in [0.25, 0.3) is 0 Å². The van der Waals surface area contributed by atoms with Gasteiger partial charge in [0.25, 0.3) is 0 Å². The average molecular weight is 381 g/mol. The standard InChI is InChI=1S/C18H24FN3O5/c1-12-13(3-2-4-14(12)19)9-20-16(25)18(11-23)5-7-22(8-6-18)15(24)10-21-17(26)27/h2-4,21,23H,5-11H2,1H3,(H,20,25)(H,26,27). The highest BCUT2D eigenvalue weighted by molar-refractivity contribution is 5.84. The highest BCUT2D eigenvalue weighted by atomic mass is 19.1. The number of nitrogens with zero attached hydrogens (tertiary/aromatic N) is 1. The summed E-state index contributed by atoms with van der Waals surface area (Å²) in [4.78, 5) is 36.5. The first-order valence-electron chi connectivity index (χ1n) is 8.67. The summed E-state index contributed by atoms with van der Waals surface area (Å²) in [5.41, 5.74) is 0.101. The molecule has 3 amide bonds. The summed E-state index contributed by atoms with van der Waals surface area (Å²) in [6, 6.07) is 4.64. The van der Waals surface area contributed by atoms with Gasteiger partial charge in [-0.2, -0.15) is 0 Å². The van der Waals surface area contributed by atoms with Crippen LogP contribution in [0.2, 0.25) is 0 Å². The first-order chi connectivity index (χ1) is 12.8. The highest BCUT2D eigenvalue weighted by Crippen LogP contribution is 2.31. The summed E-state index contributed by atoms with van der Waals surface area (Å²) in [5, 5.41) is 23.1. The molecular weight excluding hydrogens is 357 g/mol. The molecule has 1 saturated heterocycles. The van der Waals surface area contributed by atoms with Gasteiger partial charge >= 0.3 is 6.09 Å². The van der Waals surface area contributed by atoms with Crippen LogP contribution >= 0.6 is 0 Å². The largest absolute Gasteiger partial charge is 0.465 e. The maximum Gasteiger partial charge on any atom is 0.405 e. The molecule has 0 aromatic heterocycles. The monoisotopic (exact) mass is 381 g/mol. The molecular formula is C18H24FN3O5. The van der Waals surface area contributed by atoms with E-state index in [1.54, 1.807) is 19.1 Å². The number of carbonyl (C=O) groups excluding carboxylic acids is 2. The molecule has 1 aromatic carbocycles. The number of nitrogens with one attached hydrogen (secondary N) is 2. The van der Waals surface area contributed by atoms with Gasteiger partial charge in [0.1, 0.15) is 12.4 Å². The Hall–Kier alpha value is -2.68. The van der Waals surface area contributed by atoms with E-state index in [1.165, 1.54) is 11.0 Å². The molecule has 148 valence electrons. The minimum atomic E-state index is -1.28. The number of halogens is 1. The topological polar surface area (TPSA) is 119 Å². The van der Waals surface area contributed by atoms with Gasteiger partial charge in [-0.25, -0.2) is 9.18 Å². The zero-order valence-electron chi connectivity index (χ0n) is 15.1. The van der Waals surface area contributed by atoms with Gasteiger partial charge in [-0.3, -0.25) is 9.59 Å². The summed E-state index contributed by atoms with van der Waals surface area (Å²) >= 11 is 0. The van der Waals surface area contributed by atoms with Gasteiger partial charge in [0, 0.05) is 19.6 Å². The van der Waals surface area contributed by atoms with Crippen LogP contribution in [0.15, 0.2) is 18.2 Å². The number of amides is 3. The van der Waals surface area contributed by atoms with Crippen molar-refractivity contribution in [2.45, 2.75) is 26.3 Å². The molecule has 1 aliphatic rings. The predicted octanol–water partition coefficient (Wildman–Crippen LogP) is 0.619. The van der Waals surface area contributed by atoms with Crippen molar-refractivity contribution in [1.29, 1.82) is 0 Å². The quantitative estimate of drug-likeness (QED) is 0.576. The number of aliphatic hydroxyl groups is 1. The van der Waals surface area contributed by atoms with Gasteiger partial charge in [-0.05, 0) is 37.0 Å². The van der Waals surface area contributed by atoms with Gasteiger partial charge in [0.2, 0.25) is 11.8 Å². The fraction of sp³-hybridized carbons (Fsp3) is 0.500. The summed E-state index contributed by atoms with van der Waals surface area (Å²) in [6.07, 6.45) is -0.760. The number of carboxylic acid groups (broad SMARTS) is 1. The molecule has 0 atom stereocenters. The van der Waals surface area contributed by atoms with E-state index in [1.807, 2.05) is 5.32 Å². The van der Waals surface area contributed by atoms with Crippen LogP contribution < -0.4 is 10.6 Å². The van der Waals surface area contributed by atoms with E-state index >= 15 is 0 Å². The first-order valence-corrected chi connectivity index (χ1v) is 8.67. The van der Waals surface area contributed by atoms with Crippen LogP contribution in [0.4, 0.5) is 9.18 Å². The van der Waals surface area contributed by atoms with E-state index in [4.69, 9.17) is 5.11 Å². The minimum Gasteiger partial charge on any atom is -0.465 e. The first kappa shape index (κ1) is 20.6. The molecule has 9 heteroatoms. The van der Waals surface area contributed by atoms with Crippen LogP contribution in [0.3, 0.4) is 0 Å². The number of aliphatic hydroxyl groups excluding tert-OH is 1. The summed E-state index contributed by atoms with van der Waals surface area (Å²) < 4.78 is 13.6. The van der Waals surface area contributed by atoms with E-state index in [-0.39, 0.29) is 63.3 Å². The third-order valence-corrected chi connectivity index (χ3v) is 5.07. The van der Waals surface area contributed by atoms with Crippen molar-refractivity contribution in [2.75, 3.05) is 26.2 Å². The second-order valence-corrected chi connectivity index (χ2v) is 6.68. The number of hydrogen-bond acceptors (Lipinski definition) is 4. The molecule has 2 rings (SSSR count). The Kier molecular flexibility index (Phi) is 6.73. The van der Waals surface area contributed by atoms with E-state index in [0.29, 0.717) is 11.1 Å². The Morgan fingerprint density at radius 2 is 1.89 bits per heavy atom. The molecule has 0 saturated carbocycles. The Labute approximate surface area is 156 Å². The number of hydrogen-bond donors (Lipinski definition) is 4. The molecule has 1 fully saturated rings. The summed E-state index contributed by atoms with van der Waals surface area (Å²) in [7, 11) is 0. The molecule has 8 nitrogen and oxygen atoms in total. The molecule has 27 heavy (non-hydrogen) atoms. The fourth-order valence-corrected chi connectivity index (χ4v) is 3.11. The van der Waals surface area contributed by atoms with Crippen LogP contribution in [0.1, 0.15) is 24.0 Å². The van der Waals surface area contributed by atoms with Gasteiger partial charge in [-0.15, -0.1) is 0 Å². The van der Waals surface area contributed by atoms with E-state index in [0.717, 1.165) is 0 Å². The third kappa shape index (κ3) is 4.94. The van der Waals surface area contributed by atoms with Crippen molar-refractivity contribution in [3.8, 4) is 0 Å². The van der Waals surface area contributed by atoms with Gasteiger partial charge in [-0.1, -0.05) is 12.1 Å².